The van der Waals surface area contributed by atoms with E-state index in [0.29, 0.717) is 12.0 Å². The third-order valence-electron chi connectivity index (χ3n) is 4.45. The summed E-state index contributed by atoms with van der Waals surface area (Å²) in [6.07, 6.45) is 3.56. The Balaban J connectivity index is 1.65. The number of piperidine rings is 1. The monoisotopic (exact) mass is 274 g/mol. The molecule has 20 heavy (non-hydrogen) atoms. The first-order chi connectivity index (χ1) is 9.75. The van der Waals surface area contributed by atoms with Gasteiger partial charge in [0.05, 0.1) is 6.10 Å². The summed E-state index contributed by atoms with van der Waals surface area (Å²) in [5.74, 6) is 0.532. The van der Waals surface area contributed by atoms with Gasteiger partial charge in [-0.2, -0.15) is 0 Å². The molecular weight excluding hydrogens is 252 g/mol. The van der Waals surface area contributed by atoms with E-state index < -0.39 is 6.04 Å². The molecule has 1 aromatic carbocycles. The van der Waals surface area contributed by atoms with Crippen molar-refractivity contribution in [3.05, 3.63) is 35.9 Å². The molecule has 4 heteroatoms. The lowest BCUT2D eigenvalue weighted by atomic mass is 9.88. The van der Waals surface area contributed by atoms with E-state index in [1.807, 2.05) is 35.2 Å². The predicted octanol–water partition coefficient (Wildman–Crippen LogP) is 1.71. The molecule has 0 unspecified atom stereocenters. The Labute approximate surface area is 119 Å². The number of nitrogens with zero attached hydrogens (tertiary/aromatic N) is 1. The number of carbonyl (C=O) groups excluding carboxylic acids is 1. The Morgan fingerprint density at radius 2 is 2.10 bits per heavy atom. The zero-order chi connectivity index (χ0) is 13.9. The van der Waals surface area contributed by atoms with Crippen molar-refractivity contribution in [2.24, 2.45) is 11.7 Å². The van der Waals surface area contributed by atoms with Crippen LogP contribution in [0.25, 0.3) is 0 Å². The second-order valence-electron chi connectivity index (χ2n) is 5.77. The molecule has 2 saturated heterocycles. The molecule has 0 aromatic heterocycles. The van der Waals surface area contributed by atoms with Crippen molar-refractivity contribution in [2.75, 3.05) is 19.7 Å². The molecular formula is C16H22N2O2. The van der Waals surface area contributed by atoms with E-state index in [9.17, 15) is 4.79 Å². The van der Waals surface area contributed by atoms with Crippen LogP contribution in [-0.4, -0.2) is 36.6 Å². The molecule has 0 spiro atoms. The molecule has 2 fully saturated rings. The van der Waals surface area contributed by atoms with Gasteiger partial charge < -0.3 is 15.4 Å². The van der Waals surface area contributed by atoms with Crippen LogP contribution in [-0.2, 0) is 9.53 Å². The summed E-state index contributed by atoms with van der Waals surface area (Å²) in [5.41, 5.74) is 7.00. The van der Waals surface area contributed by atoms with E-state index in [1.54, 1.807) is 0 Å². The van der Waals surface area contributed by atoms with Crippen molar-refractivity contribution in [1.29, 1.82) is 0 Å². The largest absolute Gasteiger partial charge is 0.378 e. The molecule has 108 valence electrons. The van der Waals surface area contributed by atoms with Gasteiger partial charge in [0.2, 0.25) is 5.91 Å². The highest BCUT2D eigenvalue weighted by Crippen LogP contribution is 2.29. The van der Waals surface area contributed by atoms with E-state index in [1.165, 1.54) is 0 Å². The lowest BCUT2D eigenvalue weighted by molar-refractivity contribution is -0.140. The summed E-state index contributed by atoms with van der Waals surface area (Å²) in [7, 11) is 0. The molecule has 2 heterocycles. The van der Waals surface area contributed by atoms with Crippen LogP contribution in [0.2, 0.25) is 0 Å². The molecule has 0 aliphatic carbocycles. The van der Waals surface area contributed by atoms with Crippen LogP contribution in [0.3, 0.4) is 0 Å². The molecule has 1 amide bonds. The zero-order valence-electron chi connectivity index (χ0n) is 11.7. The lowest BCUT2D eigenvalue weighted by Crippen LogP contribution is -2.50. The smallest absolute Gasteiger partial charge is 0.244 e. The van der Waals surface area contributed by atoms with Crippen molar-refractivity contribution in [3.63, 3.8) is 0 Å². The molecule has 4 nitrogen and oxygen atoms in total. The summed E-state index contributed by atoms with van der Waals surface area (Å²) in [6.45, 7) is 2.43. The minimum absolute atomic E-state index is 0.0419. The molecule has 0 bridgehead atoms. The first kappa shape index (κ1) is 13.6. The van der Waals surface area contributed by atoms with Gasteiger partial charge in [0.15, 0.2) is 0 Å². The summed E-state index contributed by atoms with van der Waals surface area (Å²) >= 11 is 0. The first-order valence-corrected chi connectivity index (χ1v) is 7.46. The molecule has 2 aliphatic rings. The number of fused-ring (bicyclic) bond motifs is 1. The molecule has 0 radical (unpaired) electrons. The third kappa shape index (κ3) is 2.72. The van der Waals surface area contributed by atoms with Crippen LogP contribution >= 0.6 is 0 Å². The summed E-state index contributed by atoms with van der Waals surface area (Å²) in [4.78, 5) is 14.5. The van der Waals surface area contributed by atoms with E-state index >= 15 is 0 Å². The van der Waals surface area contributed by atoms with Crippen molar-refractivity contribution >= 4 is 5.91 Å². The second kappa shape index (κ2) is 5.94. The first-order valence-electron chi connectivity index (χ1n) is 7.46. The van der Waals surface area contributed by atoms with Gasteiger partial charge in [-0.15, -0.1) is 0 Å². The third-order valence-corrected chi connectivity index (χ3v) is 4.45. The van der Waals surface area contributed by atoms with E-state index in [-0.39, 0.29) is 5.91 Å². The van der Waals surface area contributed by atoms with Gasteiger partial charge in [-0.3, -0.25) is 4.79 Å². The molecule has 2 N–H and O–H groups in total. The van der Waals surface area contributed by atoms with Crippen molar-refractivity contribution < 1.29 is 9.53 Å². The molecule has 2 aliphatic heterocycles. The maximum absolute atomic E-state index is 12.5. The van der Waals surface area contributed by atoms with Gasteiger partial charge in [-0.05, 0) is 24.8 Å². The molecule has 0 saturated carbocycles. The fourth-order valence-corrected chi connectivity index (χ4v) is 3.29. The Morgan fingerprint density at radius 3 is 2.90 bits per heavy atom. The molecule has 3 rings (SSSR count). The minimum Gasteiger partial charge on any atom is -0.378 e. The second-order valence-corrected chi connectivity index (χ2v) is 5.77. The van der Waals surface area contributed by atoms with Crippen LogP contribution in [0.1, 0.15) is 30.9 Å². The minimum atomic E-state index is -0.544. The van der Waals surface area contributed by atoms with E-state index in [4.69, 9.17) is 10.5 Å². The maximum Gasteiger partial charge on any atom is 0.244 e. The highest BCUT2D eigenvalue weighted by atomic mass is 16.5. The standard InChI is InChI=1S/C16H22N2O2/c17-15(12-5-2-1-3-6-12)16(19)18-9-8-14-13(11-18)7-4-10-20-14/h1-3,5-6,13-15H,4,7-11,17H2/t13-,14+,15+/m1/s1. The number of benzene rings is 1. The Morgan fingerprint density at radius 1 is 1.30 bits per heavy atom. The molecule has 3 atom stereocenters. The topological polar surface area (TPSA) is 55.6 Å². The fourth-order valence-electron chi connectivity index (χ4n) is 3.29. The number of carbonyl (C=O) groups is 1. The van der Waals surface area contributed by atoms with Crippen LogP contribution in [0.5, 0.6) is 0 Å². The SMILES string of the molecule is N[C@H](C(=O)N1CC[C@@H]2OCCC[C@@H]2C1)c1ccccc1. The van der Waals surface area contributed by atoms with Crippen LogP contribution in [0, 0.1) is 5.92 Å². The number of amides is 1. The highest BCUT2D eigenvalue weighted by Gasteiger charge is 2.35. The number of rotatable bonds is 2. The fraction of sp³-hybridized carbons (Fsp3) is 0.562. The van der Waals surface area contributed by atoms with Gasteiger partial charge in [0.1, 0.15) is 6.04 Å². The predicted molar refractivity (Wildman–Crippen MR) is 77.0 cm³/mol. The van der Waals surface area contributed by atoms with Crippen LogP contribution < -0.4 is 5.73 Å². The number of ether oxygens (including phenoxy) is 1. The Kier molecular flexibility index (Phi) is 4.03. The van der Waals surface area contributed by atoms with Gasteiger partial charge in [0.25, 0.3) is 0 Å². The zero-order valence-corrected chi connectivity index (χ0v) is 11.7. The van der Waals surface area contributed by atoms with Crippen molar-refractivity contribution in [1.82, 2.24) is 4.90 Å². The highest BCUT2D eigenvalue weighted by molar-refractivity contribution is 5.83. The van der Waals surface area contributed by atoms with Crippen LogP contribution in [0.15, 0.2) is 30.3 Å². The summed E-state index contributed by atoms with van der Waals surface area (Å²) in [5, 5.41) is 0. The Bertz CT molecular complexity index is 463. The number of nitrogens with two attached hydrogens (primary N) is 1. The van der Waals surface area contributed by atoms with Gasteiger partial charge in [0, 0.05) is 25.6 Å². The van der Waals surface area contributed by atoms with Gasteiger partial charge in [-0.1, -0.05) is 30.3 Å². The lowest BCUT2D eigenvalue weighted by Gasteiger charge is -2.41. The van der Waals surface area contributed by atoms with E-state index in [2.05, 4.69) is 0 Å². The molecule has 1 aromatic rings. The van der Waals surface area contributed by atoms with Crippen molar-refractivity contribution in [3.8, 4) is 0 Å². The average molecular weight is 274 g/mol. The average Bonchev–Trinajstić information content (AvgIpc) is 2.54. The van der Waals surface area contributed by atoms with Crippen molar-refractivity contribution in [2.45, 2.75) is 31.4 Å². The maximum atomic E-state index is 12.5. The number of hydrogen-bond donors (Lipinski definition) is 1. The number of likely N-dealkylation sites (tertiary alicyclic amines) is 1. The quantitative estimate of drug-likeness (QED) is 0.893. The van der Waals surface area contributed by atoms with Gasteiger partial charge in [-0.25, -0.2) is 0 Å². The van der Waals surface area contributed by atoms with Gasteiger partial charge >= 0.3 is 0 Å². The van der Waals surface area contributed by atoms with Crippen LogP contribution in [0.4, 0.5) is 0 Å². The van der Waals surface area contributed by atoms with E-state index in [0.717, 1.165) is 44.5 Å². The Hall–Kier alpha value is -1.39. The normalized spacial score (nSPS) is 27.8. The summed E-state index contributed by atoms with van der Waals surface area (Å²) in [6, 6.07) is 9.06. The number of hydrogen-bond acceptors (Lipinski definition) is 3. The summed E-state index contributed by atoms with van der Waals surface area (Å²) < 4.78 is 5.79.